The molecule has 3 heterocycles. The van der Waals surface area contributed by atoms with Crippen LogP contribution in [0.2, 0.25) is 5.02 Å². The highest BCUT2D eigenvalue weighted by Crippen LogP contribution is 2.24. The van der Waals surface area contributed by atoms with Crippen molar-refractivity contribution in [2.24, 2.45) is 0 Å². The molecule has 1 fully saturated rings. The SMILES string of the molecule is Cc1ccc(-c2nc(CCNC(=O)c3nc(N4CCCC4)ncc3Cl)cs2)cc1. The van der Waals surface area contributed by atoms with Crippen molar-refractivity contribution in [1.29, 1.82) is 0 Å². The van der Waals surface area contributed by atoms with Gasteiger partial charge in [-0.15, -0.1) is 11.3 Å². The van der Waals surface area contributed by atoms with Crippen LogP contribution in [0.15, 0.2) is 35.8 Å². The lowest BCUT2D eigenvalue weighted by molar-refractivity contribution is 0.0949. The van der Waals surface area contributed by atoms with E-state index in [-0.39, 0.29) is 16.6 Å². The number of amides is 1. The van der Waals surface area contributed by atoms with Gasteiger partial charge < -0.3 is 10.2 Å². The molecule has 0 unspecified atom stereocenters. The Morgan fingerprint density at radius 2 is 1.97 bits per heavy atom. The van der Waals surface area contributed by atoms with Crippen LogP contribution in [0.4, 0.5) is 5.95 Å². The fourth-order valence-corrected chi connectivity index (χ4v) is 4.26. The van der Waals surface area contributed by atoms with Crippen molar-refractivity contribution >= 4 is 34.8 Å². The van der Waals surface area contributed by atoms with E-state index in [0.717, 1.165) is 42.2 Å². The third-order valence-corrected chi connectivity index (χ3v) is 6.07. The monoisotopic (exact) mass is 427 g/mol. The van der Waals surface area contributed by atoms with Gasteiger partial charge in [0, 0.05) is 37.0 Å². The molecule has 1 saturated heterocycles. The maximum Gasteiger partial charge on any atom is 0.271 e. The van der Waals surface area contributed by atoms with Crippen molar-refractivity contribution < 1.29 is 4.79 Å². The van der Waals surface area contributed by atoms with E-state index in [0.29, 0.717) is 18.9 Å². The first-order valence-corrected chi connectivity index (χ1v) is 10.9. The smallest absolute Gasteiger partial charge is 0.271 e. The Hall–Kier alpha value is -2.51. The van der Waals surface area contributed by atoms with Crippen molar-refractivity contribution in [3.63, 3.8) is 0 Å². The van der Waals surface area contributed by atoms with Crippen LogP contribution in [0.5, 0.6) is 0 Å². The van der Waals surface area contributed by atoms with Gasteiger partial charge in [-0.1, -0.05) is 41.4 Å². The zero-order valence-electron chi connectivity index (χ0n) is 16.2. The van der Waals surface area contributed by atoms with Gasteiger partial charge in [0.1, 0.15) is 5.01 Å². The minimum Gasteiger partial charge on any atom is -0.350 e. The van der Waals surface area contributed by atoms with Crippen LogP contribution in [-0.4, -0.2) is 40.5 Å². The van der Waals surface area contributed by atoms with Crippen LogP contribution >= 0.6 is 22.9 Å². The number of hydrogen-bond acceptors (Lipinski definition) is 6. The topological polar surface area (TPSA) is 71.0 Å². The number of carbonyl (C=O) groups excluding carboxylic acids is 1. The lowest BCUT2D eigenvalue weighted by Gasteiger charge is -2.15. The average molecular weight is 428 g/mol. The maximum atomic E-state index is 12.6. The van der Waals surface area contributed by atoms with Crippen LogP contribution < -0.4 is 10.2 Å². The highest BCUT2D eigenvalue weighted by molar-refractivity contribution is 7.13. The summed E-state index contributed by atoms with van der Waals surface area (Å²) in [5, 5.41) is 6.18. The standard InChI is InChI=1S/C21H22ClN5OS/c1-14-4-6-15(7-5-14)20-25-16(13-29-20)8-9-23-19(28)18-17(22)12-24-21(26-18)27-10-2-3-11-27/h4-7,12-13H,2-3,8-11H2,1H3,(H,23,28). The molecular weight excluding hydrogens is 406 g/mol. The molecule has 1 N–H and O–H groups in total. The molecule has 8 heteroatoms. The first-order valence-electron chi connectivity index (χ1n) is 9.67. The number of rotatable bonds is 6. The number of aromatic nitrogens is 3. The maximum absolute atomic E-state index is 12.6. The number of halogens is 1. The van der Waals surface area contributed by atoms with Crippen LogP contribution in [-0.2, 0) is 6.42 Å². The number of anilines is 1. The Bertz CT molecular complexity index is 999. The number of nitrogens with zero attached hydrogens (tertiary/aromatic N) is 4. The lowest BCUT2D eigenvalue weighted by atomic mass is 10.2. The van der Waals surface area contributed by atoms with Crippen molar-refractivity contribution in [1.82, 2.24) is 20.3 Å². The first-order chi connectivity index (χ1) is 14.1. The summed E-state index contributed by atoms with van der Waals surface area (Å²) in [6.07, 6.45) is 4.39. The Morgan fingerprint density at radius 3 is 2.72 bits per heavy atom. The molecule has 150 valence electrons. The van der Waals surface area contributed by atoms with Gasteiger partial charge in [0.05, 0.1) is 16.9 Å². The molecule has 3 aromatic rings. The van der Waals surface area contributed by atoms with Crippen molar-refractivity contribution in [3.8, 4) is 10.6 Å². The van der Waals surface area contributed by atoms with Crippen LogP contribution in [0.1, 0.15) is 34.6 Å². The predicted molar refractivity (Wildman–Crippen MR) is 117 cm³/mol. The molecule has 1 aliphatic heterocycles. The summed E-state index contributed by atoms with van der Waals surface area (Å²) in [5.74, 6) is 0.283. The van der Waals surface area contributed by atoms with Gasteiger partial charge in [-0.05, 0) is 19.8 Å². The minimum absolute atomic E-state index is 0.224. The van der Waals surface area contributed by atoms with E-state index in [4.69, 9.17) is 11.6 Å². The molecule has 6 nitrogen and oxygen atoms in total. The molecule has 2 aromatic heterocycles. The van der Waals surface area contributed by atoms with E-state index < -0.39 is 0 Å². The second kappa shape index (κ2) is 8.88. The summed E-state index contributed by atoms with van der Waals surface area (Å²) in [7, 11) is 0. The van der Waals surface area contributed by atoms with Gasteiger partial charge in [-0.2, -0.15) is 0 Å². The van der Waals surface area contributed by atoms with E-state index >= 15 is 0 Å². The molecule has 0 radical (unpaired) electrons. The number of aryl methyl sites for hydroxylation is 1. The number of benzene rings is 1. The van der Waals surface area contributed by atoms with Gasteiger partial charge in [-0.3, -0.25) is 4.79 Å². The highest BCUT2D eigenvalue weighted by atomic mass is 35.5. The van der Waals surface area contributed by atoms with Crippen molar-refractivity contribution in [2.45, 2.75) is 26.2 Å². The number of carbonyl (C=O) groups is 1. The van der Waals surface area contributed by atoms with E-state index in [2.05, 4.69) is 56.4 Å². The van der Waals surface area contributed by atoms with Gasteiger partial charge >= 0.3 is 0 Å². The second-order valence-corrected chi connectivity index (χ2v) is 8.34. The molecule has 4 rings (SSSR count). The average Bonchev–Trinajstić information content (AvgIpc) is 3.41. The van der Waals surface area contributed by atoms with Gasteiger partial charge in [0.2, 0.25) is 5.95 Å². The number of hydrogen-bond donors (Lipinski definition) is 1. The largest absolute Gasteiger partial charge is 0.350 e. The fraction of sp³-hybridized carbons (Fsp3) is 0.333. The third kappa shape index (κ3) is 4.74. The van der Waals surface area contributed by atoms with Crippen molar-refractivity contribution in [2.75, 3.05) is 24.5 Å². The van der Waals surface area contributed by atoms with Gasteiger partial charge in [0.15, 0.2) is 5.69 Å². The predicted octanol–water partition coefficient (Wildman–Crippen LogP) is 4.13. The molecular formula is C21H22ClN5OS. The summed E-state index contributed by atoms with van der Waals surface area (Å²) in [6, 6.07) is 8.32. The summed E-state index contributed by atoms with van der Waals surface area (Å²) in [4.78, 5) is 28.0. The van der Waals surface area contributed by atoms with E-state index in [9.17, 15) is 4.79 Å². The highest BCUT2D eigenvalue weighted by Gasteiger charge is 2.19. The Kier molecular flexibility index (Phi) is 6.06. The van der Waals surface area contributed by atoms with Crippen LogP contribution in [0.3, 0.4) is 0 Å². The summed E-state index contributed by atoms with van der Waals surface area (Å²) < 4.78 is 0. The van der Waals surface area contributed by atoms with Gasteiger partial charge in [0.25, 0.3) is 5.91 Å². The molecule has 0 saturated carbocycles. The number of thiazole rings is 1. The molecule has 1 amide bonds. The molecule has 29 heavy (non-hydrogen) atoms. The zero-order valence-corrected chi connectivity index (χ0v) is 17.8. The molecule has 0 aliphatic carbocycles. The molecule has 0 atom stereocenters. The van der Waals surface area contributed by atoms with Gasteiger partial charge in [-0.25, -0.2) is 15.0 Å². The molecule has 1 aliphatic rings. The quantitative estimate of drug-likeness (QED) is 0.640. The van der Waals surface area contributed by atoms with E-state index in [1.165, 1.54) is 11.8 Å². The van der Waals surface area contributed by atoms with E-state index in [1.807, 2.05) is 5.38 Å². The summed E-state index contributed by atoms with van der Waals surface area (Å²) in [5.41, 5.74) is 3.52. The van der Waals surface area contributed by atoms with E-state index in [1.54, 1.807) is 11.3 Å². The lowest BCUT2D eigenvalue weighted by Crippen LogP contribution is -2.28. The number of nitrogens with one attached hydrogen (secondary N) is 1. The Balaban J connectivity index is 1.35. The Labute approximate surface area is 179 Å². The normalized spacial score (nSPS) is 13.7. The minimum atomic E-state index is -0.285. The zero-order chi connectivity index (χ0) is 20.2. The van der Waals surface area contributed by atoms with Crippen LogP contribution in [0, 0.1) is 6.92 Å². The summed E-state index contributed by atoms with van der Waals surface area (Å²) in [6.45, 7) is 4.36. The Morgan fingerprint density at radius 1 is 1.21 bits per heavy atom. The summed E-state index contributed by atoms with van der Waals surface area (Å²) >= 11 is 7.77. The van der Waals surface area contributed by atoms with Crippen molar-refractivity contribution in [3.05, 3.63) is 57.8 Å². The molecule has 0 bridgehead atoms. The fourth-order valence-electron chi connectivity index (χ4n) is 3.22. The third-order valence-electron chi connectivity index (χ3n) is 4.85. The molecule has 1 aromatic carbocycles. The first kappa shape index (κ1) is 19.8. The molecule has 0 spiro atoms. The second-order valence-electron chi connectivity index (χ2n) is 7.08. The van der Waals surface area contributed by atoms with Crippen LogP contribution in [0.25, 0.3) is 10.6 Å².